The van der Waals surface area contributed by atoms with Gasteiger partial charge in [0, 0.05) is 32.8 Å². The van der Waals surface area contributed by atoms with E-state index in [1.807, 2.05) is 6.92 Å². The quantitative estimate of drug-likeness (QED) is 0.746. The predicted octanol–water partition coefficient (Wildman–Crippen LogP) is 1.70. The van der Waals surface area contributed by atoms with E-state index in [0.29, 0.717) is 25.4 Å². The maximum Gasteiger partial charge on any atom is 0.317 e. The Bertz CT molecular complexity index is 314. The van der Waals surface area contributed by atoms with Gasteiger partial charge in [0.2, 0.25) is 0 Å². The van der Waals surface area contributed by atoms with Crippen molar-refractivity contribution in [1.82, 2.24) is 10.2 Å². The van der Waals surface area contributed by atoms with Gasteiger partial charge in [-0.05, 0) is 25.2 Å². The van der Waals surface area contributed by atoms with Crippen LogP contribution in [0.25, 0.3) is 0 Å². The third-order valence-corrected chi connectivity index (χ3v) is 3.69. The van der Waals surface area contributed by atoms with Crippen LogP contribution in [0.2, 0.25) is 0 Å². The van der Waals surface area contributed by atoms with Crippen LogP contribution in [0, 0.1) is 5.92 Å². The molecule has 1 saturated heterocycles. The summed E-state index contributed by atoms with van der Waals surface area (Å²) in [7, 11) is 1.69. The molecule has 0 aliphatic carbocycles. The molecule has 1 fully saturated rings. The molecule has 0 aromatic heterocycles. The number of carbonyl (C=O) groups excluding carboxylic acids is 1. The number of ether oxygens (including phenoxy) is 1. The van der Waals surface area contributed by atoms with Gasteiger partial charge in [0.05, 0.1) is 6.42 Å². The van der Waals surface area contributed by atoms with Gasteiger partial charge in [-0.2, -0.15) is 0 Å². The first-order valence-electron chi connectivity index (χ1n) is 7.33. The zero-order valence-corrected chi connectivity index (χ0v) is 12.4. The Kier molecular flexibility index (Phi) is 7.36. The molecule has 1 atom stereocenters. The molecule has 0 aromatic rings. The fourth-order valence-corrected chi connectivity index (χ4v) is 2.59. The van der Waals surface area contributed by atoms with Crippen molar-refractivity contribution in [1.29, 1.82) is 0 Å². The highest BCUT2D eigenvalue weighted by Crippen LogP contribution is 2.17. The second-order valence-electron chi connectivity index (χ2n) is 5.42. The van der Waals surface area contributed by atoms with Crippen molar-refractivity contribution >= 4 is 12.0 Å². The number of rotatable bonds is 7. The van der Waals surface area contributed by atoms with E-state index in [4.69, 9.17) is 9.84 Å². The Hall–Kier alpha value is -1.30. The minimum atomic E-state index is -0.873. The largest absolute Gasteiger partial charge is 0.481 e. The summed E-state index contributed by atoms with van der Waals surface area (Å²) in [6.45, 7) is 4.15. The number of urea groups is 1. The van der Waals surface area contributed by atoms with E-state index >= 15 is 0 Å². The van der Waals surface area contributed by atoms with E-state index in [0.717, 1.165) is 25.9 Å². The van der Waals surface area contributed by atoms with Crippen LogP contribution in [0.15, 0.2) is 0 Å². The van der Waals surface area contributed by atoms with Crippen molar-refractivity contribution in [3.05, 3.63) is 0 Å². The molecule has 0 radical (unpaired) electrons. The number of methoxy groups -OCH3 is 1. The first kappa shape index (κ1) is 16.8. The van der Waals surface area contributed by atoms with Crippen molar-refractivity contribution < 1.29 is 19.4 Å². The number of carboxylic acids is 1. The Balaban J connectivity index is 2.39. The minimum absolute atomic E-state index is 0.0142. The summed E-state index contributed by atoms with van der Waals surface area (Å²) in [6.07, 6.45) is 3.42. The van der Waals surface area contributed by atoms with Gasteiger partial charge in [0.1, 0.15) is 0 Å². The molecule has 2 amide bonds. The molecule has 20 heavy (non-hydrogen) atoms. The average molecular weight is 286 g/mol. The van der Waals surface area contributed by atoms with Crippen LogP contribution in [0.3, 0.4) is 0 Å². The van der Waals surface area contributed by atoms with E-state index in [9.17, 15) is 9.59 Å². The fraction of sp³-hybridized carbons (Fsp3) is 0.857. The fourth-order valence-electron chi connectivity index (χ4n) is 2.59. The lowest BCUT2D eigenvalue weighted by atomic mass is 9.98. The maximum atomic E-state index is 12.1. The van der Waals surface area contributed by atoms with Crippen molar-refractivity contribution in [3.63, 3.8) is 0 Å². The Morgan fingerprint density at radius 2 is 2.05 bits per heavy atom. The van der Waals surface area contributed by atoms with E-state index in [1.165, 1.54) is 0 Å². The number of aliphatic carboxylic acids is 1. The molecular weight excluding hydrogens is 260 g/mol. The number of carbonyl (C=O) groups is 2. The lowest BCUT2D eigenvalue weighted by Crippen LogP contribution is -2.48. The molecule has 1 heterocycles. The predicted molar refractivity (Wildman–Crippen MR) is 75.7 cm³/mol. The summed E-state index contributed by atoms with van der Waals surface area (Å²) < 4.78 is 5.13. The molecule has 1 aliphatic heterocycles. The average Bonchev–Trinajstić information content (AvgIpc) is 2.39. The van der Waals surface area contributed by atoms with E-state index in [-0.39, 0.29) is 18.5 Å². The number of hydrogen-bond donors (Lipinski definition) is 2. The zero-order valence-electron chi connectivity index (χ0n) is 12.4. The van der Waals surface area contributed by atoms with Crippen LogP contribution in [0.5, 0.6) is 0 Å². The second-order valence-corrected chi connectivity index (χ2v) is 5.42. The molecule has 1 rings (SSSR count). The minimum Gasteiger partial charge on any atom is -0.481 e. The molecule has 116 valence electrons. The normalized spacial score (nSPS) is 17.8. The summed E-state index contributed by atoms with van der Waals surface area (Å²) in [5, 5.41) is 11.7. The maximum absolute atomic E-state index is 12.1. The molecular formula is C14H26N2O4. The Morgan fingerprint density at radius 3 is 2.55 bits per heavy atom. The van der Waals surface area contributed by atoms with Crippen LogP contribution < -0.4 is 5.32 Å². The van der Waals surface area contributed by atoms with E-state index in [1.54, 1.807) is 12.0 Å². The van der Waals surface area contributed by atoms with Gasteiger partial charge < -0.3 is 20.1 Å². The van der Waals surface area contributed by atoms with E-state index < -0.39 is 5.97 Å². The third-order valence-electron chi connectivity index (χ3n) is 3.69. The molecule has 6 heteroatoms. The van der Waals surface area contributed by atoms with Gasteiger partial charge in [-0.25, -0.2) is 4.79 Å². The van der Waals surface area contributed by atoms with Gasteiger partial charge in [0.25, 0.3) is 0 Å². The van der Waals surface area contributed by atoms with Gasteiger partial charge >= 0.3 is 12.0 Å². The molecule has 1 aliphatic rings. The lowest BCUT2D eigenvalue weighted by molar-refractivity contribution is -0.137. The summed E-state index contributed by atoms with van der Waals surface area (Å²) in [6, 6.07) is -0.415. The van der Waals surface area contributed by atoms with Crippen LogP contribution in [0.1, 0.15) is 39.0 Å². The molecule has 0 saturated carbocycles. The highest BCUT2D eigenvalue weighted by atomic mass is 16.5. The zero-order chi connectivity index (χ0) is 15.0. The van der Waals surface area contributed by atoms with Crippen LogP contribution in [-0.2, 0) is 9.53 Å². The number of likely N-dealkylation sites (tertiary alicyclic amines) is 1. The van der Waals surface area contributed by atoms with Crippen molar-refractivity contribution in [3.8, 4) is 0 Å². The van der Waals surface area contributed by atoms with Crippen molar-refractivity contribution in [2.75, 3.05) is 26.8 Å². The van der Waals surface area contributed by atoms with Gasteiger partial charge in [-0.15, -0.1) is 0 Å². The molecule has 0 spiro atoms. The Labute approximate surface area is 120 Å². The number of carboxylic acid groups (broad SMARTS) is 1. The van der Waals surface area contributed by atoms with Crippen LogP contribution in [-0.4, -0.2) is 54.9 Å². The summed E-state index contributed by atoms with van der Waals surface area (Å²) in [5.41, 5.74) is 0. The number of amides is 2. The number of nitrogens with one attached hydrogen (secondary N) is 1. The smallest absolute Gasteiger partial charge is 0.317 e. The SMILES string of the molecule is CCCC(CC(=O)O)NC(=O)N1CCC(COC)CC1. The monoisotopic (exact) mass is 286 g/mol. The van der Waals surface area contributed by atoms with Crippen LogP contribution in [0.4, 0.5) is 4.79 Å². The summed E-state index contributed by atoms with van der Waals surface area (Å²) >= 11 is 0. The van der Waals surface area contributed by atoms with E-state index in [2.05, 4.69) is 5.32 Å². The third kappa shape index (κ3) is 5.77. The Morgan fingerprint density at radius 1 is 1.40 bits per heavy atom. The topological polar surface area (TPSA) is 78.9 Å². The molecule has 6 nitrogen and oxygen atoms in total. The van der Waals surface area contributed by atoms with Gasteiger partial charge in [0.15, 0.2) is 0 Å². The van der Waals surface area contributed by atoms with Gasteiger partial charge in [-0.1, -0.05) is 13.3 Å². The van der Waals surface area contributed by atoms with Crippen molar-refractivity contribution in [2.45, 2.75) is 45.1 Å². The molecule has 0 aromatic carbocycles. The summed E-state index contributed by atoms with van der Waals surface area (Å²) in [4.78, 5) is 24.7. The highest BCUT2D eigenvalue weighted by Gasteiger charge is 2.24. The molecule has 2 N–H and O–H groups in total. The first-order chi connectivity index (χ1) is 9.56. The molecule has 1 unspecified atom stereocenters. The lowest BCUT2D eigenvalue weighted by Gasteiger charge is -2.32. The highest BCUT2D eigenvalue weighted by molar-refractivity contribution is 5.76. The number of piperidine rings is 1. The summed E-state index contributed by atoms with van der Waals surface area (Å²) in [5.74, 6) is -0.350. The van der Waals surface area contributed by atoms with Crippen molar-refractivity contribution in [2.24, 2.45) is 5.92 Å². The second kappa shape index (κ2) is 8.79. The molecule has 0 bridgehead atoms. The van der Waals surface area contributed by atoms with Crippen LogP contribution >= 0.6 is 0 Å². The number of hydrogen-bond acceptors (Lipinski definition) is 3. The standard InChI is InChI=1S/C14H26N2O4/c1-3-4-12(9-13(17)18)15-14(19)16-7-5-11(6-8-16)10-20-2/h11-12H,3-10H2,1-2H3,(H,15,19)(H,17,18). The van der Waals surface area contributed by atoms with Gasteiger partial charge in [-0.3, -0.25) is 4.79 Å². The number of nitrogens with zero attached hydrogens (tertiary/aromatic N) is 1. The first-order valence-corrected chi connectivity index (χ1v) is 7.33.